The second-order valence-electron chi connectivity index (χ2n) is 6.20. The van der Waals surface area contributed by atoms with Crippen molar-refractivity contribution in [2.45, 2.75) is 38.0 Å². The first kappa shape index (κ1) is 16.5. The van der Waals surface area contributed by atoms with E-state index >= 15 is 0 Å². The summed E-state index contributed by atoms with van der Waals surface area (Å²) in [6.07, 6.45) is 7.05. The third-order valence-corrected chi connectivity index (χ3v) is 4.49. The molecular weight excluding hydrogens is 295 g/mol. The van der Waals surface area contributed by atoms with Gasteiger partial charge in [0.2, 0.25) is 0 Å². The second kappa shape index (κ2) is 7.94. The molecule has 1 heterocycles. The van der Waals surface area contributed by atoms with E-state index in [2.05, 4.69) is 11.0 Å². The van der Waals surface area contributed by atoms with Crippen LogP contribution in [-0.4, -0.2) is 29.7 Å². The Hall–Kier alpha value is -1.38. The summed E-state index contributed by atoms with van der Waals surface area (Å²) >= 11 is 0. The Bertz CT molecular complexity index is 613. The molecule has 0 bridgehead atoms. The number of rotatable bonds is 8. The highest BCUT2D eigenvalue weighted by atomic mass is 16.8. The minimum Gasteiger partial charge on any atom is -0.464 e. The zero-order chi connectivity index (χ0) is 16.1. The fourth-order valence-electron chi connectivity index (χ4n) is 3.13. The molecule has 7 heteroatoms. The maximum atomic E-state index is 9.55. The Labute approximate surface area is 135 Å². The molecule has 1 aromatic heterocycles. The number of nitrogens with one attached hydrogen (secondary N) is 2. The van der Waals surface area contributed by atoms with Crippen LogP contribution >= 0.6 is 0 Å². The maximum Gasteiger partial charge on any atom is 0.472 e. The summed E-state index contributed by atoms with van der Waals surface area (Å²) in [4.78, 5) is 5.23. The van der Waals surface area contributed by atoms with Gasteiger partial charge in [-0.25, -0.2) is 4.94 Å². The summed E-state index contributed by atoms with van der Waals surface area (Å²) in [5.41, 5.74) is 7.26. The lowest BCUT2D eigenvalue weighted by Crippen LogP contribution is -2.47. The predicted molar refractivity (Wildman–Crippen MR) is 88.1 cm³/mol. The molecule has 1 saturated carbocycles. The molecule has 1 atom stereocenters. The normalized spacial score (nSPS) is 17.0. The van der Waals surface area contributed by atoms with Crippen LogP contribution in [0, 0.1) is 5.92 Å². The van der Waals surface area contributed by atoms with Gasteiger partial charge in [-0.15, -0.1) is 0 Å². The minimum atomic E-state index is -1.53. The number of para-hydroxylation sites is 1. The summed E-state index contributed by atoms with van der Waals surface area (Å²) < 4.78 is 5.48. The number of furan rings is 1. The molecule has 1 aliphatic carbocycles. The van der Waals surface area contributed by atoms with Crippen molar-refractivity contribution in [2.24, 2.45) is 5.92 Å². The first-order valence-corrected chi connectivity index (χ1v) is 8.19. The summed E-state index contributed by atoms with van der Waals surface area (Å²) in [6, 6.07) is 7.67. The van der Waals surface area contributed by atoms with Crippen LogP contribution in [0.15, 0.2) is 34.9 Å². The largest absolute Gasteiger partial charge is 0.472 e. The summed E-state index contributed by atoms with van der Waals surface area (Å²) in [5, 5.41) is 20.1. The van der Waals surface area contributed by atoms with Gasteiger partial charge in [-0.1, -0.05) is 31.0 Å². The third kappa shape index (κ3) is 4.34. The smallest absolute Gasteiger partial charge is 0.464 e. The molecule has 1 aliphatic rings. The van der Waals surface area contributed by atoms with Crippen LogP contribution in [0.3, 0.4) is 0 Å². The van der Waals surface area contributed by atoms with Crippen molar-refractivity contribution in [3.63, 3.8) is 0 Å². The van der Waals surface area contributed by atoms with Gasteiger partial charge >= 0.3 is 7.12 Å². The predicted octanol–water partition coefficient (Wildman–Crippen LogP) is 1.57. The lowest BCUT2D eigenvalue weighted by molar-refractivity contribution is -0.0537. The molecule has 0 aliphatic heterocycles. The first-order valence-electron chi connectivity index (χ1n) is 8.19. The second-order valence-corrected chi connectivity index (χ2v) is 6.20. The average Bonchev–Trinajstić information content (AvgIpc) is 3.20. The number of hydroxylamine groups is 2. The molecule has 124 valence electrons. The number of hydrogen-bond acceptors (Lipinski definition) is 6. The lowest BCUT2D eigenvalue weighted by Gasteiger charge is -2.18. The van der Waals surface area contributed by atoms with Crippen molar-refractivity contribution in [1.82, 2.24) is 11.0 Å². The number of hydrogen-bond donors (Lipinski definition) is 4. The Morgan fingerprint density at radius 2 is 2.04 bits per heavy atom. The van der Waals surface area contributed by atoms with Crippen LogP contribution in [0.1, 0.15) is 31.2 Å². The Morgan fingerprint density at radius 3 is 2.83 bits per heavy atom. The highest BCUT2D eigenvalue weighted by Crippen LogP contribution is 2.24. The molecule has 0 saturated heterocycles. The van der Waals surface area contributed by atoms with Crippen molar-refractivity contribution in [2.75, 3.05) is 6.54 Å². The Morgan fingerprint density at radius 1 is 1.26 bits per heavy atom. The molecule has 1 fully saturated rings. The molecule has 2 aromatic rings. The molecule has 0 spiro atoms. The summed E-state index contributed by atoms with van der Waals surface area (Å²) in [5.74, 6) is -0.000739. The van der Waals surface area contributed by atoms with E-state index in [1.165, 1.54) is 25.7 Å². The van der Waals surface area contributed by atoms with E-state index in [1.807, 2.05) is 24.3 Å². The molecule has 4 N–H and O–H groups in total. The maximum absolute atomic E-state index is 9.55. The monoisotopic (exact) mass is 318 g/mol. The van der Waals surface area contributed by atoms with Crippen LogP contribution in [0.2, 0.25) is 0 Å². The van der Waals surface area contributed by atoms with E-state index in [-0.39, 0.29) is 0 Å². The van der Waals surface area contributed by atoms with E-state index in [9.17, 15) is 10.0 Å². The van der Waals surface area contributed by atoms with Crippen molar-refractivity contribution in [3.8, 4) is 0 Å². The number of benzene rings is 1. The van der Waals surface area contributed by atoms with Crippen LogP contribution in [0.4, 0.5) is 0 Å². The van der Waals surface area contributed by atoms with Gasteiger partial charge in [-0.05, 0) is 36.8 Å². The molecule has 1 unspecified atom stereocenters. The fourth-order valence-corrected chi connectivity index (χ4v) is 3.13. The van der Waals surface area contributed by atoms with Crippen molar-refractivity contribution in [1.29, 1.82) is 0 Å². The lowest BCUT2D eigenvalue weighted by atomic mass is 9.76. The molecule has 23 heavy (non-hydrogen) atoms. The third-order valence-electron chi connectivity index (χ3n) is 4.49. The van der Waals surface area contributed by atoms with E-state index in [0.29, 0.717) is 12.3 Å². The van der Waals surface area contributed by atoms with Crippen molar-refractivity contribution >= 4 is 18.1 Å². The standard InChI is InChI=1S/C16H23BN2O4/c20-17(21)16(19-23-18-10-12-5-1-2-6-12)9-13-11-22-15-8-4-3-7-14(13)15/h3-4,7-8,11-12,16,18-21H,1-2,5-6,9-10H2. The van der Waals surface area contributed by atoms with Crippen LogP contribution < -0.4 is 11.0 Å². The zero-order valence-electron chi connectivity index (χ0n) is 13.1. The van der Waals surface area contributed by atoms with E-state index in [1.54, 1.807) is 6.26 Å². The highest BCUT2D eigenvalue weighted by molar-refractivity contribution is 6.43. The van der Waals surface area contributed by atoms with Gasteiger partial charge in [0.1, 0.15) is 5.58 Å². The minimum absolute atomic E-state index is 0.389. The van der Waals surface area contributed by atoms with Crippen LogP contribution in [0.25, 0.3) is 11.0 Å². The Balaban J connectivity index is 1.52. The Kier molecular flexibility index (Phi) is 5.69. The van der Waals surface area contributed by atoms with E-state index in [4.69, 9.17) is 9.36 Å². The van der Waals surface area contributed by atoms with Gasteiger partial charge in [-0.2, -0.15) is 11.0 Å². The number of fused-ring (bicyclic) bond motifs is 1. The van der Waals surface area contributed by atoms with Crippen molar-refractivity contribution in [3.05, 3.63) is 36.1 Å². The van der Waals surface area contributed by atoms with Gasteiger partial charge in [0, 0.05) is 11.9 Å². The molecule has 6 nitrogen and oxygen atoms in total. The van der Waals surface area contributed by atoms with Gasteiger partial charge in [-0.3, -0.25) is 0 Å². The van der Waals surface area contributed by atoms with Crippen LogP contribution in [-0.2, 0) is 11.4 Å². The van der Waals surface area contributed by atoms with Gasteiger partial charge in [0.25, 0.3) is 0 Å². The summed E-state index contributed by atoms with van der Waals surface area (Å²) in [6.45, 7) is 0.774. The molecule has 0 radical (unpaired) electrons. The quantitative estimate of drug-likeness (QED) is 0.336. The van der Waals surface area contributed by atoms with Gasteiger partial charge in [0.05, 0.1) is 12.2 Å². The highest BCUT2D eigenvalue weighted by Gasteiger charge is 2.26. The first-order chi connectivity index (χ1) is 11.2. The summed E-state index contributed by atoms with van der Waals surface area (Å²) in [7, 11) is -1.53. The SMILES string of the molecule is OB(O)C(Cc1coc2ccccc12)NONCC1CCCC1. The van der Waals surface area contributed by atoms with E-state index < -0.39 is 13.1 Å². The average molecular weight is 318 g/mol. The zero-order valence-corrected chi connectivity index (χ0v) is 13.1. The molecule has 0 amide bonds. The van der Waals surface area contributed by atoms with Gasteiger partial charge in [0.15, 0.2) is 0 Å². The van der Waals surface area contributed by atoms with Gasteiger partial charge < -0.3 is 14.5 Å². The molecule has 3 rings (SSSR count). The molecule has 1 aromatic carbocycles. The topological polar surface area (TPSA) is 86.9 Å². The van der Waals surface area contributed by atoms with E-state index in [0.717, 1.165) is 23.1 Å². The fraction of sp³-hybridized carbons (Fsp3) is 0.500. The van der Waals surface area contributed by atoms with Crippen LogP contribution in [0.5, 0.6) is 0 Å². The molecular formula is C16H23BN2O4. The van der Waals surface area contributed by atoms with Crippen molar-refractivity contribution < 1.29 is 19.4 Å².